The summed E-state index contributed by atoms with van der Waals surface area (Å²) in [5.74, 6) is 2.21. The number of aliphatic hydroxyl groups excluding tert-OH is 1. The van der Waals surface area contributed by atoms with Crippen LogP contribution in [0.1, 0.15) is 0 Å². The lowest BCUT2D eigenvalue weighted by atomic mass is 10.3. The molecular formula is C16H22N6O3. The average molecular weight is 346 g/mol. The lowest BCUT2D eigenvalue weighted by Gasteiger charge is -2.27. The largest absolute Gasteiger partial charge is 0.497 e. The first-order chi connectivity index (χ1) is 12.3. The van der Waals surface area contributed by atoms with Gasteiger partial charge in [-0.1, -0.05) is 0 Å². The number of anilines is 4. The Morgan fingerprint density at radius 2 is 1.84 bits per heavy atom. The Morgan fingerprint density at radius 3 is 2.52 bits per heavy atom. The lowest BCUT2D eigenvalue weighted by molar-refractivity contribution is 0.122. The van der Waals surface area contributed by atoms with Crippen molar-refractivity contribution in [3.05, 3.63) is 24.3 Å². The van der Waals surface area contributed by atoms with Gasteiger partial charge in [0.2, 0.25) is 17.8 Å². The van der Waals surface area contributed by atoms with Crippen LogP contribution in [0.3, 0.4) is 0 Å². The van der Waals surface area contributed by atoms with Gasteiger partial charge in [0.25, 0.3) is 0 Å². The SMILES string of the molecule is COc1ccc(Nc2nc(NCCO)nc(N3CCOCC3)n2)cc1. The molecule has 1 saturated heterocycles. The maximum absolute atomic E-state index is 9.01. The lowest BCUT2D eigenvalue weighted by Crippen LogP contribution is -2.37. The molecule has 1 aromatic carbocycles. The van der Waals surface area contributed by atoms with E-state index in [0.29, 0.717) is 37.6 Å². The minimum absolute atomic E-state index is 0.000186. The highest BCUT2D eigenvalue weighted by Gasteiger charge is 2.16. The van der Waals surface area contributed by atoms with Crippen molar-refractivity contribution in [2.24, 2.45) is 0 Å². The van der Waals surface area contributed by atoms with Crippen molar-refractivity contribution in [1.82, 2.24) is 15.0 Å². The van der Waals surface area contributed by atoms with E-state index in [1.54, 1.807) is 7.11 Å². The van der Waals surface area contributed by atoms with Crippen LogP contribution in [-0.4, -0.2) is 66.6 Å². The maximum atomic E-state index is 9.01. The summed E-state index contributed by atoms with van der Waals surface area (Å²) in [7, 11) is 1.63. The Morgan fingerprint density at radius 1 is 1.12 bits per heavy atom. The molecule has 0 atom stereocenters. The Kier molecular flexibility index (Phi) is 5.81. The Balaban J connectivity index is 1.82. The van der Waals surface area contributed by atoms with Crippen molar-refractivity contribution in [1.29, 1.82) is 0 Å². The van der Waals surface area contributed by atoms with Gasteiger partial charge in [0.1, 0.15) is 5.75 Å². The second kappa shape index (κ2) is 8.45. The molecule has 3 N–H and O–H groups in total. The first-order valence-corrected chi connectivity index (χ1v) is 8.13. The molecule has 134 valence electrons. The van der Waals surface area contributed by atoms with E-state index < -0.39 is 0 Å². The molecule has 0 aliphatic carbocycles. The van der Waals surface area contributed by atoms with Gasteiger partial charge in [-0.3, -0.25) is 0 Å². The number of morpholine rings is 1. The third-order valence-corrected chi connectivity index (χ3v) is 3.66. The number of nitrogens with zero attached hydrogens (tertiary/aromatic N) is 4. The smallest absolute Gasteiger partial charge is 0.233 e. The Hall–Kier alpha value is -2.65. The van der Waals surface area contributed by atoms with Crippen LogP contribution in [0.25, 0.3) is 0 Å². The van der Waals surface area contributed by atoms with Gasteiger partial charge in [-0.15, -0.1) is 0 Å². The molecule has 0 saturated carbocycles. The highest BCUT2D eigenvalue weighted by Crippen LogP contribution is 2.20. The molecule has 9 nitrogen and oxygen atoms in total. The summed E-state index contributed by atoms with van der Waals surface area (Å²) in [6.45, 7) is 3.11. The fraction of sp³-hybridized carbons (Fsp3) is 0.438. The van der Waals surface area contributed by atoms with Crippen molar-refractivity contribution in [3.8, 4) is 5.75 Å². The minimum Gasteiger partial charge on any atom is -0.497 e. The summed E-state index contributed by atoms with van der Waals surface area (Å²) >= 11 is 0. The molecule has 1 aliphatic heterocycles. The van der Waals surface area contributed by atoms with Crippen molar-refractivity contribution < 1.29 is 14.6 Å². The molecule has 0 radical (unpaired) electrons. The van der Waals surface area contributed by atoms with Crippen molar-refractivity contribution in [3.63, 3.8) is 0 Å². The Labute approximate surface area is 146 Å². The molecule has 2 heterocycles. The van der Waals surface area contributed by atoms with Gasteiger partial charge in [0, 0.05) is 25.3 Å². The first kappa shape index (κ1) is 17.2. The van der Waals surface area contributed by atoms with Gasteiger partial charge in [-0.05, 0) is 24.3 Å². The predicted molar refractivity (Wildman–Crippen MR) is 94.7 cm³/mol. The van der Waals surface area contributed by atoms with E-state index in [-0.39, 0.29) is 6.61 Å². The predicted octanol–water partition coefficient (Wildman–Crippen LogP) is 0.865. The average Bonchev–Trinajstić information content (AvgIpc) is 2.67. The van der Waals surface area contributed by atoms with Crippen LogP contribution in [0, 0.1) is 0 Å². The van der Waals surface area contributed by atoms with Crippen molar-refractivity contribution in [2.45, 2.75) is 0 Å². The number of methoxy groups -OCH3 is 1. The molecule has 25 heavy (non-hydrogen) atoms. The molecule has 1 aromatic heterocycles. The number of ether oxygens (including phenoxy) is 2. The number of nitrogens with one attached hydrogen (secondary N) is 2. The normalized spacial score (nSPS) is 14.2. The molecule has 0 amide bonds. The zero-order valence-electron chi connectivity index (χ0n) is 14.1. The van der Waals surface area contributed by atoms with Crippen LogP contribution in [0.4, 0.5) is 23.5 Å². The van der Waals surface area contributed by atoms with Crippen molar-refractivity contribution >= 4 is 23.5 Å². The van der Waals surface area contributed by atoms with E-state index in [0.717, 1.165) is 24.5 Å². The summed E-state index contributed by atoms with van der Waals surface area (Å²) in [5, 5.41) is 15.2. The number of aliphatic hydroxyl groups is 1. The number of benzene rings is 1. The van der Waals surface area contributed by atoms with Crippen LogP contribution in [0.2, 0.25) is 0 Å². The number of aromatic nitrogens is 3. The monoisotopic (exact) mass is 346 g/mol. The Bertz CT molecular complexity index is 676. The van der Waals surface area contributed by atoms with Gasteiger partial charge < -0.3 is 30.1 Å². The van der Waals surface area contributed by atoms with Gasteiger partial charge >= 0.3 is 0 Å². The number of rotatable bonds is 7. The van der Waals surface area contributed by atoms with Crippen molar-refractivity contribution in [2.75, 3.05) is 62.1 Å². The number of hydrogen-bond donors (Lipinski definition) is 3. The summed E-state index contributed by atoms with van der Waals surface area (Å²) in [6, 6.07) is 7.49. The molecule has 3 rings (SSSR count). The molecular weight excluding hydrogens is 324 g/mol. The highest BCUT2D eigenvalue weighted by molar-refractivity contribution is 5.57. The first-order valence-electron chi connectivity index (χ1n) is 8.13. The van der Waals surface area contributed by atoms with Crippen LogP contribution < -0.4 is 20.3 Å². The standard InChI is InChI=1S/C16H22N6O3/c1-24-13-4-2-12(3-5-13)18-15-19-14(17-6-9-23)20-16(21-15)22-7-10-25-11-8-22/h2-5,23H,6-11H2,1H3,(H2,17,18,19,20,21). The zero-order valence-corrected chi connectivity index (χ0v) is 14.1. The summed E-state index contributed by atoms with van der Waals surface area (Å²) in [4.78, 5) is 15.3. The van der Waals surface area contributed by atoms with E-state index in [1.807, 2.05) is 24.3 Å². The van der Waals surface area contributed by atoms with Crippen LogP contribution in [0.15, 0.2) is 24.3 Å². The minimum atomic E-state index is -0.000186. The molecule has 0 bridgehead atoms. The van der Waals surface area contributed by atoms with Gasteiger partial charge in [-0.25, -0.2) is 0 Å². The zero-order chi connectivity index (χ0) is 17.5. The summed E-state index contributed by atoms with van der Waals surface area (Å²) in [6.07, 6.45) is 0. The fourth-order valence-corrected chi connectivity index (χ4v) is 2.38. The number of hydrogen-bond acceptors (Lipinski definition) is 9. The fourth-order valence-electron chi connectivity index (χ4n) is 2.38. The van der Waals surface area contributed by atoms with E-state index >= 15 is 0 Å². The topological polar surface area (TPSA) is 105 Å². The third-order valence-electron chi connectivity index (χ3n) is 3.66. The van der Waals surface area contributed by atoms with E-state index in [1.165, 1.54) is 0 Å². The quantitative estimate of drug-likeness (QED) is 0.673. The van der Waals surface area contributed by atoms with E-state index in [4.69, 9.17) is 14.6 Å². The van der Waals surface area contributed by atoms with Crippen LogP contribution in [0.5, 0.6) is 5.75 Å². The molecule has 1 aliphatic rings. The molecule has 0 spiro atoms. The highest BCUT2D eigenvalue weighted by atomic mass is 16.5. The third kappa shape index (κ3) is 4.68. The second-order valence-electron chi connectivity index (χ2n) is 5.39. The van der Waals surface area contributed by atoms with E-state index in [9.17, 15) is 0 Å². The maximum Gasteiger partial charge on any atom is 0.233 e. The van der Waals surface area contributed by atoms with E-state index in [2.05, 4.69) is 30.5 Å². The molecule has 1 fully saturated rings. The van der Waals surface area contributed by atoms with Gasteiger partial charge in [0.15, 0.2) is 0 Å². The molecule has 2 aromatic rings. The summed E-state index contributed by atoms with van der Waals surface area (Å²) in [5.41, 5.74) is 0.841. The summed E-state index contributed by atoms with van der Waals surface area (Å²) < 4.78 is 10.5. The second-order valence-corrected chi connectivity index (χ2v) is 5.39. The van der Waals surface area contributed by atoms with Crippen LogP contribution >= 0.6 is 0 Å². The molecule has 9 heteroatoms. The molecule has 0 unspecified atom stereocenters. The van der Waals surface area contributed by atoms with Gasteiger partial charge in [-0.2, -0.15) is 15.0 Å². The van der Waals surface area contributed by atoms with Crippen LogP contribution in [-0.2, 0) is 4.74 Å². The van der Waals surface area contributed by atoms with Gasteiger partial charge in [0.05, 0.1) is 26.9 Å².